The van der Waals surface area contributed by atoms with Crippen LogP contribution in [0.4, 0.5) is 5.82 Å². The maximum Gasteiger partial charge on any atom is 0.277 e. The molecule has 0 atom stereocenters. The summed E-state index contributed by atoms with van der Waals surface area (Å²) in [5.74, 6) is 1.32. The first kappa shape index (κ1) is 16.7. The molecule has 6 nitrogen and oxygen atoms in total. The minimum atomic E-state index is 0.208. The number of nitrogens with zero attached hydrogens (tertiary/aromatic N) is 4. The highest BCUT2D eigenvalue weighted by Gasteiger charge is 2.27. The van der Waals surface area contributed by atoms with Crippen molar-refractivity contribution in [2.45, 2.75) is 25.7 Å². The number of amides is 1. The minimum absolute atomic E-state index is 0.208. The average Bonchev–Trinajstić information content (AvgIpc) is 3.01. The normalized spacial score (nSPS) is 18.4. The summed E-state index contributed by atoms with van der Waals surface area (Å²) in [6.45, 7) is 4.46. The van der Waals surface area contributed by atoms with Crippen LogP contribution in [-0.4, -0.2) is 67.6 Å². The molecule has 1 saturated heterocycles. The summed E-state index contributed by atoms with van der Waals surface area (Å²) in [7, 11) is 3.66. The summed E-state index contributed by atoms with van der Waals surface area (Å²) >= 11 is 1.86. The fourth-order valence-corrected chi connectivity index (χ4v) is 5.12. The molecule has 2 aromatic heterocycles. The highest BCUT2D eigenvalue weighted by Crippen LogP contribution is 2.39. The number of thiophene rings is 1. The van der Waals surface area contributed by atoms with Gasteiger partial charge in [0.1, 0.15) is 17.0 Å². The van der Waals surface area contributed by atoms with Gasteiger partial charge in [0, 0.05) is 19.0 Å². The fraction of sp³-hybridized carbons (Fsp3) is 0.611. The van der Waals surface area contributed by atoms with Crippen molar-refractivity contribution in [2.24, 2.45) is 0 Å². The van der Waals surface area contributed by atoms with Gasteiger partial charge in [-0.05, 0) is 31.2 Å². The third-order valence-electron chi connectivity index (χ3n) is 5.40. The molecule has 4 rings (SSSR count). The molecule has 0 saturated carbocycles. The van der Waals surface area contributed by atoms with Crippen LogP contribution in [0.2, 0.25) is 0 Å². The summed E-state index contributed by atoms with van der Waals surface area (Å²) in [6, 6.07) is 0. The number of anilines is 1. The summed E-state index contributed by atoms with van der Waals surface area (Å²) in [5.41, 5.74) is 1.50. The van der Waals surface area contributed by atoms with Gasteiger partial charge in [0.2, 0.25) is 0 Å². The molecule has 0 aromatic carbocycles. The van der Waals surface area contributed by atoms with Crippen LogP contribution in [-0.2, 0) is 17.6 Å². The van der Waals surface area contributed by atoms with Crippen LogP contribution in [0.15, 0.2) is 6.33 Å². The highest BCUT2D eigenvalue weighted by atomic mass is 32.1. The number of rotatable bonds is 3. The molecule has 0 unspecified atom stereocenters. The van der Waals surface area contributed by atoms with Gasteiger partial charge >= 0.3 is 0 Å². The first-order valence-corrected chi connectivity index (χ1v) is 9.99. The quantitative estimate of drug-likeness (QED) is 0.859. The van der Waals surface area contributed by atoms with E-state index in [4.69, 9.17) is 0 Å². The van der Waals surface area contributed by atoms with Crippen molar-refractivity contribution in [3.05, 3.63) is 16.8 Å². The lowest BCUT2D eigenvalue weighted by molar-refractivity contribution is -0.892. The number of hydrogen-bond donors (Lipinski definition) is 1. The molecule has 134 valence electrons. The van der Waals surface area contributed by atoms with Crippen molar-refractivity contribution in [1.82, 2.24) is 14.9 Å². The Balaban J connectivity index is 1.53. The molecule has 3 heterocycles. The Hall–Kier alpha value is -1.73. The molecule has 7 heteroatoms. The third kappa shape index (κ3) is 3.22. The molecule has 0 spiro atoms. The van der Waals surface area contributed by atoms with Crippen molar-refractivity contribution < 1.29 is 9.69 Å². The monoisotopic (exact) mass is 360 g/mol. The molecule has 1 aliphatic heterocycles. The van der Waals surface area contributed by atoms with Gasteiger partial charge in [-0.15, -0.1) is 11.3 Å². The molecule has 1 aliphatic carbocycles. The van der Waals surface area contributed by atoms with E-state index >= 15 is 0 Å². The number of aryl methyl sites for hydroxylation is 2. The van der Waals surface area contributed by atoms with Gasteiger partial charge < -0.3 is 14.7 Å². The van der Waals surface area contributed by atoms with Gasteiger partial charge in [-0.3, -0.25) is 4.79 Å². The van der Waals surface area contributed by atoms with Crippen molar-refractivity contribution in [3.8, 4) is 0 Å². The van der Waals surface area contributed by atoms with Gasteiger partial charge in [-0.2, -0.15) is 0 Å². The summed E-state index contributed by atoms with van der Waals surface area (Å²) in [5, 5.41) is 1.30. The maximum absolute atomic E-state index is 11.9. The van der Waals surface area contributed by atoms with Crippen molar-refractivity contribution in [3.63, 3.8) is 0 Å². The van der Waals surface area contributed by atoms with Crippen LogP contribution >= 0.6 is 11.3 Å². The van der Waals surface area contributed by atoms with E-state index < -0.39 is 0 Å². The van der Waals surface area contributed by atoms with E-state index in [0.29, 0.717) is 6.54 Å². The summed E-state index contributed by atoms with van der Waals surface area (Å²) in [4.78, 5) is 29.3. The first-order chi connectivity index (χ1) is 12.1. The van der Waals surface area contributed by atoms with Crippen LogP contribution in [0.5, 0.6) is 0 Å². The SMILES string of the molecule is CN(C)C(=O)C[NH+]1CCN(c2ncnc3sc4c(c23)CCCC4)CC1. The number of aromatic nitrogens is 2. The molecule has 0 bridgehead atoms. The van der Waals surface area contributed by atoms with E-state index in [-0.39, 0.29) is 5.91 Å². The van der Waals surface area contributed by atoms with Crippen molar-refractivity contribution in [1.29, 1.82) is 0 Å². The lowest BCUT2D eigenvalue weighted by Gasteiger charge is -2.33. The van der Waals surface area contributed by atoms with Crippen LogP contribution in [0, 0.1) is 0 Å². The number of piperazine rings is 1. The number of fused-ring (bicyclic) bond motifs is 3. The third-order valence-corrected chi connectivity index (χ3v) is 6.60. The zero-order valence-corrected chi connectivity index (χ0v) is 15.9. The second kappa shape index (κ2) is 6.88. The molecular weight excluding hydrogens is 334 g/mol. The average molecular weight is 361 g/mol. The largest absolute Gasteiger partial charge is 0.345 e. The van der Waals surface area contributed by atoms with Gasteiger partial charge in [0.25, 0.3) is 5.91 Å². The second-order valence-corrected chi connectivity index (χ2v) is 8.37. The van der Waals surface area contributed by atoms with Gasteiger partial charge in [0.05, 0.1) is 31.6 Å². The maximum atomic E-state index is 11.9. The summed E-state index contributed by atoms with van der Waals surface area (Å²) in [6.07, 6.45) is 6.65. The molecule has 1 N–H and O–H groups in total. The number of likely N-dealkylation sites (N-methyl/N-ethyl adjacent to an activating group) is 1. The fourth-order valence-electron chi connectivity index (χ4n) is 3.90. The Morgan fingerprint density at radius 1 is 1.24 bits per heavy atom. The lowest BCUT2D eigenvalue weighted by atomic mass is 9.97. The Morgan fingerprint density at radius 2 is 2.00 bits per heavy atom. The Bertz CT molecular complexity index is 779. The van der Waals surface area contributed by atoms with E-state index in [1.807, 2.05) is 25.4 Å². The standard InChI is InChI=1S/C18H25N5OS/c1-21(2)15(24)11-22-7-9-23(10-8-22)17-16-13-5-3-4-6-14(13)25-18(16)20-12-19-17/h12H,3-11H2,1-2H3/p+1. The minimum Gasteiger partial charge on any atom is -0.345 e. The predicted octanol–water partition coefficient (Wildman–Crippen LogP) is 0.363. The molecular formula is C18H26N5OS+. The molecule has 25 heavy (non-hydrogen) atoms. The second-order valence-electron chi connectivity index (χ2n) is 7.29. The molecule has 1 amide bonds. The summed E-state index contributed by atoms with van der Waals surface area (Å²) < 4.78 is 0. The van der Waals surface area contributed by atoms with Gasteiger partial charge in [0.15, 0.2) is 6.54 Å². The molecule has 0 radical (unpaired) electrons. The number of carbonyl (C=O) groups is 1. The lowest BCUT2D eigenvalue weighted by Crippen LogP contribution is -3.15. The number of nitrogens with one attached hydrogen (secondary N) is 1. The van der Waals surface area contributed by atoms with Crippen molar-refractivity contribution >= 4 is 33.3 Å². The van der Waals surface area contributed by atoms with Crippen LogP contribution in [0.25, 0.3) is 10.2 Å². The highest BCUT2D eigenvalue weighted by molar-refractivity contribution is 7.19. The van der Waals surface area contributed by atoms with Crippen LogP contribution in [0.1, 0.15) is 23.3 Å². The Morgan fingerprint density at radius 3 is 2.76 bits per heavy atom. The number of carbonyl (C=O) groups excluding carboxylic acids is 1. The zero-order chi connectivity index (χ0) is 17.4. The topological polar surface area (TPSA) is 53.8 Å². The number of quaternary nitrogens is 1. The van der Waals surface area contributed by atoms with E-state index in [9.17, 15) is 4.79 Å². The zero-order valence-electron chi connectivity index (χ0n) is 15.0. The molecule has 2 aromatic rings. The van der Waals surface area contributed by atoms with Gasteiger partial charge in [-0.1, -0.05) is 0 Å². The smallest absolute Gasteiger partial charge is 0.277 e. The van der Waals surface area contributed by atoms with Crippen LogP contribution in [0.3, 0.4) is 0 Å². The van der Waals surface area contributed by atoms with E-state index in [0.717, 1.165) is 43.2 Å². The molecule has 2 aliphatic rings. The van der Waals surface area contributed by atoms with E-state index in [2.05, 4.69) is 14.9 Å². The number of hydrogen-bond acceptors (Lipinski definition) is 5. The predicted molar refractivity (Wildman–Crippen MR) is 101 cm³/mol. The first-order valence-electron chi connectivity index (χ1n) is 9.17. The van der Waals surface area contributed by atoms with Crippen LogP contribution < -0.4 is 9.80 Å². The Kier molecular flexibility index (Phi) is 4.60. The molecule has 1 fully saturated rings. The Labute approximate surface area is 152 Å². The van der Waals surface area contributed by atoms with Gasteiger partial charge in [-0.25, -0.2) is 9.97 Å². The van der Waals surface area contributed by atoms with Crippen molar-refractivity contribution in [2.75, 3.05) is 51.7 Å². The van der Waals surface area contributed by atoms with E-state index in [1.165, 1.54) is 40.0 Å². The van der Waals surface area contributed by atoms with E-state index in [1.54, 1.807) is 11.2 Å².